The van der Waals surface area contributed by atoms with Gasteiger partial charge in [-0.1, -0.05) is 0 Å². The summed E-state index contributed by atoms with van der Waals surface area (Å²) >= 11 is 4.94. The Morgan fingerprint density at radius 2 is 2.31 bits per heavy atom. The monoisotopic (exact) mass is 235 g/mol. The van der Waals surface area contributed by atoms with Crippen molar-refractivity contribution in [3.8, 4) is 11.3 Å². The van der Waals surface area contributed by atoms with Crippen molar-refractivity contribution in [2.24, 2.45) is 0 Å². The highest BCUT2D eigenvalue weighted by Gasteiger charge is 2.17. The molecule has 0 aliphatic carbocycles. The number of nitrogens with one attached hydrogen (secondary N) is 2. The highest BCUT2D eigenvalue weighted by atomic mass is 32.1. The van der Waals surface area contributed by atoms with Crippen LogP contribution >= 0.6 is 12.2 Å². The topological polar surface area (TPSA) is 81.8 Å². The van der Waals surface area contributed by atoms with Crippen LogP contribution in [0, 0.1) is 11.7 Å². The van der Waals surface area contributed by atoms with Crippen LogP contribution < -0.4 is 0 Å². The molecule has 82 valence electrons. The van der Waals surface area contributed by atoms with E-state index in [4.69, 9.17) is 17.3 Å². The Kier molecular flexibility index (Phi) is 2.57. The molecule has 0 unspecified atom stereocenters. The molecule has 2 rings (SSSR count). The maximum atomic E-state index is 11.1. The van der Waals surface area contributed by atoms with Crippen LogP contribution in [0.3, 0.4) is 0 Å². The van der Waals surface area contributed by atoms with Crippen molar-refractivity contribution in [3.05, 3.63) is 34.5 Å². The Morgan fingerprint density at radius 3 is 2.88 bits per heavy atom. The van der Waals surface area contributed by atoms with Crippen molar-refractivity contribution >= 4 is 18.2 Å². The number of aromatic amines is 2. The van der Waals surface area contributed by atoms with Crippen LogP contribution in [0.1, 0.15) is 16.1 Å². The summed E-state index contributed by atoms with van der Waals surface area (Å²) < 4.78 is 0.277. The Morgan fingerprint density at radius 1 is 1.56 bits per heavy atom. The zero-order valence-electron chi connectivity index (χ0n) is 8.44. The molecular weight excluding hydrogens is 226 g/mol. The minimum atomic E-state index is -1.02. The third kappa shape index (κ3) is 1.74. The number of hydrogen-bond donors (Lipinski definition) is 3. The van der Waals surface area contributed by atoms with Gasteiger partial charge >= 0.3 is 5.97 Å². The van der Waals surface area contributed by atoms with E-state index in [-0.39, 0.29) is 10.3 Å². The maximum Gasteiger partial charge on any atom is 0.339 e. The van der Waals surface area contributed by atoms with E-state index in [1.165, 1.54) is 0 Å². The Labute approximate surface area is 96.2 Å². The molecule has 3 N–H and O–H groups in total. The zero-order valence-corrected chi connectivity index (χ0v) is 9.26. The second kappa shape index (κ2) is 3.90. The standard InChI is InChI=1S/C10H9N3O2S/c1-5-7(9(14)15)8(13-10(16)12-5)6-2-3-11-4-6/h2-4,11H,1H3,(H,14,15)(H,12,13,16). The Balaban J connectivity index is 2.77. The lowest BCUT2D eigenvalue weighted by atomic mass is 10.1. The molecule has 16 heavy (non-hydrogen) atoms. The van der Waals surface area contributed by atoms with Gasteiger partial charge in [-0.05, 0) is 25.2 Å². The van der Waals surface area contributed by atoms with Gasteiger partial charge < -0.3 is 15.1 Å². The van der Waals surface area contributed by atoms with Crippen molar-refractivity contribution in [3.63, 3.8) is 0 Å². The smallest absolute Gasteiger partial charge is 0.339 e. The predicted molar refractivity (Wildman–Crippen MR) is 60.9 cm³/mol. The fraction of sp³-hybridized carbons (Fsp3) is 0.100. The van der Waals surface area contributed by atoms with Gasteiger partial charge in [-0.15, -0.1) is 0 Å². The highest BCUT2D eigenvalue weighted by Crippen LogP contribution is 2.22. The van der Waals surface area contributed by atoms with Crippen LogP contribution in [0.5, 0.6) is 0 Å². The van der Waals surface area contributed by atoms with Crippen molar-refractivity contribution in [1.82, 2.24) is 15.0 Å². The van der Waals surface area contributed by atoms with E-state index in [1.807, 2.05) is 0 Å². The molecule has 2 aromatic rings. The van der Waals surface area contributed by atoms with Crippen molar-refractivity contribution in [1.29, 1.82) is 0 Å². The first-order valence-corrected chi connectivity index (χ1v) is 4.98. The number of carboxylic acids is 1. The summed E-state index contributed by atoms with van der Waals surface area (Å²) in [5.41, 5.74) is 1.74. The van der Waals surface area contributed by atoms with Gasteiger partial charge in [0.2, 0.25) is 0 Å². The molecular formula is C10H9N3O2S. The van der Waals surface area contributed by atoms with E-state index < -0.39 is 5.97 Å². The van der Waals surface area contributed by atoms with Crippen LogP contribution in [0.4, 0.5) is 0 Å². The van der Waals surface area contributed by atoms with E-state index in [2.05, 4.69) is 15.0 Å². The molecule has 0 aliphatic heterocycles. The molecule has 0 atom stereocenters. The lowest BCUT2D eigenvalue weighted by molar-refractivity contribution is 0.0696. The second-order valence-electron chi connectivity index (χ2n) is 3.30. The normalized spacial score (nSPS) is 10.3. The van der Waals surface area contributed by atoms with Crippen LogP contribution in [-0.4, -0.2) is 26.0 Å². The third-order valence-corrected chi connectivity index (χ3v) is 2.40. The molecule has 6 heteroatoms. The lowest BCUT2D eigenvalue weighted by Crippen LogP contribution is -2.07. The number of H-pyrrole nitrogens is 2. The molecule has 0 aliphatic rings. The van der Waals surface area contributed by atoms with Crippen LogP contribution in [0.2, 0.25) is 0 Å². The van der Waals surface area contributed by atoms with Gasteiger partial charge in [0.05, 0.1) is 5.69 Å². The predicted octanol–water partition coefficient (Wildman–Crippen LogP) is 2.14. The fourth-order valence-electron chi connectivity index (χ4n) is 1.53. The van der Waals surface area contributed by atoms with Gasteiger partial charge in [-0.3, -0.25) is 0 Å². The van der Waals surface area contributed by atoms with Gasteiger partial charge in [0, 0.05) is 23.7 Å². The lowest BCUT2D eigenvalue weighted by Gasteiger charge is -2.06. The number of carboxylic acid groups (broad SMARTS) is 1. The van der Waals surface area contributed by atoms with Gasteiger partial charge in [-0.25, -0.2) is 9.78 Å². The molecule has 0 radical (unpaired) electrons. The molecule has 0 spiro atoms. The Bertz CT molecular complexity index is 587. The molecule has 5 nitrogen and oxygen atoms in total. The summed E-state index contributed by atoms with van der Waals surface area (Å²) in [5, 5.41) is 9.13. The number of aromatic nitrogens is 3. The number of nitrogens with zero attached hydrogens (tertiary/aromatic N) is 1. The SMILES string of the molecule is Cc1[nH]c(=S)nc(-c2cc[nH]c2)c1C(=O)O. The largest absolute Gasteiger partial charge is 0.478 e. The molecule has 0 fully saturated rings. The number of hydrogen-bond acceptors (Lipinski definition) is 3. The van der Waals surface area contributed by atoms with E-state index in [1.54, 1.807) is 25.4 Å². The summed E-state index contributed by atoms with van der Waals surface area (Å²) in [4.78, 5) is 20.8. The summed E-state index contributed by atoms with van der Waals surface area (Å²) in [6.45, 7) is 1.66. The van der Waals surface area contributed by atoms with Crippen LogP contribution in [0.15, 0.2) is 18.5 Å². The molecule has 0 aromatic carbocycles. The summed E-state index contributed by atoms with van der Waals surface area (Å²) in [6.07, 6.45) is 3.39. The summed E-state index contributed by atoms with van der Waals surface area (Å²) in [7, 11) is 0. The molecule has 0 saturated carbocycles. The fourth-order valence-corrected chi connectivity index (χ4v) is 1.77. The summed E-state index contributed by atoms with van der Waals surface area (Å²) in [5.74, 6) is -1.02. The van der Waals surface area contributed by atoms with Crippen LogP contribution in [-0.2, 0) is 0 Å². The highest BCUT2D eigenvalue weighted by molar-refractivity contribution is 7.71. The Hall–Kier alpha value is -1.95. The minimum Gasteiger partial charge on any atom is -0.478 e. The first kappa shape index (κ1) is 10.6. The number of aromatic carboxylic acids is 1. The van der Waals surface area contributed by atoms with E-state index in [0.29, 0.717) is 17.0 Å². The van der Waals surface area contributed by atoms with Gasteiger partial charge in [-0.2, -0.15) is 0 Å². The minimum absolute atomic E-state index is 0.146. The second-order valence-corrected chi connectivity index (χ2v) is 3.68. The molecule has 0 amide bonds. The average molecular weight is 235 g/mol. The molecule has 0 saturated heterocycles. The van der Waals surface area contributed by atoms with E-state index in [0.717, 1.165) is 0 Å². The number of carbonyl (C=O) groups is 1. The molecule has 0 bridgehead atoms. The van der Waals surface area contributed by atoms with E-state index in [9.17, 15) is 4.79 Å². The quantitative estimate of drug-likeness (QED) is 0.696. The van der Waals surface area contributed by atoms with Crippen LogP contribution in [0.25, 0.3) is 11.3 Å². The van der Waals surface area contributed by atoms with Gasteiger partial charge in [0.15, 0.2) is 4.77 Å². The number of rotatable bonds is 2. The van der Waals surface area contributed by atoms with Crippen molar-refractivity contribution in [2.45, 2.75) is 6.92 Å². The van der Waals surface area contributed by atoms with Crippen molar-refractivity contribution in [2.75, 3.05) is 0 Å². The van der Waals surface area contributed by atoms with E-state index >= 15 is 0 Å². The molecule has 2 heterocycles. The maximum absolute atomic E-state index is 11.1. The average Bonchev–Trinajstić information content (AvgIpc) is 2.67. The third-order valence-electron chi connectivity index (χ3n) is 2.20. The first-order valence-electron chi connectivity index (χ1n) is 4.57. The van der Waals surface area contributed by atoms with Gasteiger partial charge in [0.1, 0.15) is 5.56 Å². The zero-order chi connectivity index (χ0) is 11.7. The number of aryl methyl sites for hydroxylation is 1. The summed E-state index contributed by atoms with van der Waals surface area (Å²) in [6, 6.07) is 1.75. The van der Waals surface area contributed by atoms with Gasteiger partial charge in [0.25, 0.3) is 0 Å². The molecule has 2 aromatic heterocycles. The van der Waals surface area contributed by atoms with Crippen molar-refractivity contribution < 1.29 is 9.90 Å². The first-order chi connectivity index (χ1) is 7.59.